The number of amides is 1. The summed E-state index contributed by atoms with van der Waals surface area (Å²) in [4.78, 5) is 28.3. The Labute approximate surface area is 126 Å². The van der Waals surface area contributed by atoms with Gasteiger partial charge in [-0.15, -0.1) is 0 Å². The standard InChI is InChI=1S/C17H24N2O2/c1-17(2,14-8-4-3-5-9-14)16(21)19-12-15(20)13-7-6-10-18-11-13/h6-7,10-11,14H,3-5,8-9,12H2,1-2H3,(H,19,21). The molecule has 1 saturated carbocycles. The Balaban J connectivity index is 1.90. The lowest BCUT2D eigenvalue weighted by atomic mass is 9.70. The molecule has 114 valence electrons. The molecule has 0 unspecified atom stereocenters. The second kappa shape index (κ2) is 6.83. The minimum absolute atomic E-state index is 0.0216. The van der Waals surface area contributed by atoms with Crippen LogP contribution in [0.1, 0.15) is 56.3 Å². The van der Waals surface area contributed by atoms with Gasteiger partial charge in [0.05, 0.1) is 6.54 Å². The average molecular weight is 288 g/mol. The van der Waals surface area contributed by atoms with Crippen LogP contribution in [0.2, 0.25) is 0 Å². The van der Waals surface area contributed by atoms with Gasteiger partial charge in [0.25, 0.3) is 0 Å². The number of nitrogens with zero attached hydrogens (tertiary/aromatic N) is 1. The van der Waals surface area contributed by atoms with E-state index in [1.807, 2.05) is 13.8 Å². The van der Waals surface area contributed by atoms with Crippen molar-refractivity contribution in [1.29, 1.82) is 0 Å². The molecule has 1 aliphatic carbocycles. The minimum atomic E-state index is -0.407. The molecule has 0 radical (unpaired) electrons. The van der Waals surface area contributed by atoms with Gasteiger partial charge in [0, 0.05) is 23.4 Å². The zero-order chi connectivity index (χ0) is 15.3. The number of pyridine rings is 1. The number of carbonyl (C=O) groups is 2. The summed E-state index contributed by atoms with van der Waals surface area (Å²) in [5.74, 6) is 0.294. The molecule has 1 aliphatic rings. The number of carbonyl (C=O) groups excluding carboxylic acids is 2. The van der Waals surface area contributed by atoms with Gasteiger partial charge in [-0.2, -0.15) is 0 Å². The molecule has 1 amide bonds. The summed E-state index contributed by atoms with van der Waals surface area (Å²) < 4.78 is 0. The number of Topliss-reactive ketones (excluding diaryl/α,β-unsaturated/α-hetero) is 1. The molecule has 0 atom stereocenters. The molecule has 2 rings (SSSR count). The van der Waals surface area contributed by atoms with Crippen molar-refractivity contribution < 1.29 is 9.59 Å². The van der Waals surface area contributed by atoms with Crippen LogP contribution in [0.3, 0.4) is 0 Å². The molecular formula is C17H24N2O2. The van der Waals surface area contributed by atoms with E-state index in [1.165, 1.54) is 25.5 Å². The summed E-state index contributed by atoms with van der Waals surface area (Å²) in [5, 5.41) is 2.80. The van der Waals surface area contributed by atoms with Crippen LogP contribution in [0, 0.1) is 11.3 Å². The predicted molar refractivity (Wildman–Crippen MR) is 81.9 cm³/mol. The van der Waals surface area contributed by atoms with Gasteiger partial charge >= 0.3 is 0 Å². The summed E-state index contributed by atoms with van der Waals surface area (Å²) in [6.45, 7) is 4.03. The highest BCUT2D eigenvalue weighted by molar-refractivity contribution is 5.99. The van der Waals surface area contributed by atoms with Crippen LogP contribution in [0.4, 0.5) is 0 Å². The van der Waals surface area contributed by atoms with Crippen molar-refractivity contribution in [2.24, 2.45) is 11.3 Å². The minimum Gasteiger partial charge on any atom is -0.348 e. The van der Waals surface area contributed by atoms with E-state index < -0.39 is 5.41 Å². The van der Waals surface area contributed by atoms with Crippen LogP contribution >= 0.6 is 0 Å². The number of nitrogens with one attached hydrogen (secondary N) is 1. The van der Waals surface area contributed by atoms with Crippen molar-refractivity contribution in [2.45, 2.75) is 46.0 Å². The van der Waals surface area contributed by atoms with Crippen molar-refractivity contribution >= 4 is 11.7 Å². The first kappa shape index (κ1) is 15.7. The molecular weight excluding hydrogens is 264 g/mol. The van der Waals surface area contributed by atoms with Gasteiger partial charge in [-0.3, -0.25) is 14.6 Å². The SMILES string of the molecule is CC(C)(C(=O)NCC(=O)c1cccnc1)C1CCCCC1. The summed E-state index contributed by atoms with van der Waals surface area (Å²) >= 11 is 0. The molecule has 0 aromatic carbocycles. The van der Waals surface area contributed by atoms with Gasteiger partial charge in [0.2, 0.25) is 5.91 Å². The second-order valence-corrected chi connectivity index (χ2v) is 6.40. The highest BCUT2D eigenvalue weighted by atomic mass is 16.2. The Morgan fingerprint density at radius 1 is 1.29 bits per heavy atom. The molecule has 1 aromatic heterocycles. The normalized spacial score (nSPS) is 16.5. The molecule has 1 fully saturated rings. The van der Waals surface area contributed by atoms with Crippen LogP contribution in [0.5, 0.6) is 0 Å². The molecule has 4 heteroatoms. The zero-order valence-corrected chi connectivity index (χ0v) is 12.9. The topological polar surface area (TPSA) is 59.1 Å². The maximum absolute atomic E-state index is 12.4. The number of hydrogen-bond acceptors (Lipinski definition) is 3. The molecule has 0 bridgehead atoms. The summed E-state index contributed by atoms with van der Waals surface area (Å²) in [6.07, 6.45) is 9.05. The van der Waals surface area contributed by atoms with Crippen molar-refractivity contribution in [3.63, 3.8) is 0 Å². The Morgan fingerprint density at radius 2 is 2.00 bits per heavy atom. The zero-order valence-electron chi connectivity index (χ0n) is 12.9. The Kier molecular flexibility index (Phi) is 5.10. The first-order valence-electron chi connectivity index (χ1n) is 7.73. The third-order valence-electron chi connectivity index (χ3n) is 4.60. The van der Waals surface area contributed by atoms with Crippen molar-refractivity contribution in [1.82, 2.24) is 10.3 Å². The van der Waals surface area contributed by atoms with Gasteiger partial charge in [0.15, 0.2) is 5.78 Å². The van der Waals surface area contributed by atoms with Crippen LogP contribution in [-0.4, -0.2) is 23.2 Å². The van der Waals surface area contributed by atoms with Crippen molar-refractivity contribution in [2.75, 3.05) is 6.54 Å². The fraction of sp³-hybridized carbons (Fsp3) is 0.588. The number of ketones is 1. The maximum atomic E-state index is 12.4. The van der Waals surface area contributed by atoms with Crippen molar-refractivity contribution in [3.8, 4) is 0 Å². The summed E-state index contributed by atoms with van der Waals surface area (Å²) in [7, 11) is 0. The monoisotopic (exact) mass is 288 g/mol. The number of rotatable bonds is 5. The van der Waals surface area contributed by atoms with Crippen molar-refractivity contribution in [3.05, 3.63) is 30.1 Å². The van der Waals surface area contributed by atoms with E-state index in [0.717, 1.165) is 12.8 Å². The van der Waals surface area contributed by atoms with E-state index in [0.29, 0.717) is 11.5 Å². The average Bonchev–Trinajstić information content (AvgIpc) is 2.53. The molecule has 1 aromatic rings. The Bertz CT molecular complexity index is 491. The molecule has 0 saturated heterocycles. The maximum Gasteiger partial charge on any atom is 0.226 e. The summed E-state index contributed by atoms with van der Waals surface area (Å²) in [6, 6.07) is 3.44. The van der Waals surface area contributed by atoms with Crippen LogP contribution in [0.25, 0.3) is 0 Å². The van der Waals surface area contributed by atoms with Gasteiger partial charge < -0.3 is 5.32 Å². The van der Waals surface area contributed by atoms with Gasteiger partial charge in [0.1, 0.15) is 0 Å². The number of aromatic nitrogens is 1. The molecule has 4 nitrogen and oxygen atoms in total. The molecule has 21 heavy (non-hydrogen) atoms. The van der Waals surface area contributed by atoms with Gasteiger partial charge in [-0.25, -0.2) is 0 Å². The van der Waals surface area contributed by atoms with E-state index in [2.05, 4.69) is 10.3 Å². The quantitative estimate of drug-likeness (QED) is 0.847. The third-order valence-corrected chi connectivity index (χ3v) is 4.60. The highest BCUT2D eigenvalue weighted by Gasteiger charge is 2.37. The van der Waals surface area contributed by atoms with E-state index in [1.54, 1.807) is 18.3 Å². The third kappa shape index (κ3) is 3.90. The largest absolute Gasteiger partial charge is 0.348 e. The predicted octanol–water partition coefficient (Wildman–Crippen LogP) is 2.99. The van der Waals surface area contributed by atoms with Crippen LogP contribution < -0.4 is 5.32 Å². The smallest absolute Gasteiger partial charge is 0.226 e. The van der Waals surface area contributed by atoms with Crippen LogP contribution in [-0.2, 0) is 4.79 Å². The molecule has 1 heterocycles. The summed E-state index contributed by atoms with van der Waals surface area (Å²) in [5.41, 5.74) is 0.128. The Morgan fingerprint density at radius 3 is 2.62 bits per heavy atom. The molecule has 0 spiro atoms. The first-order valence-corrected chi connectivity index (χ1v) is 7.73. The van der Waals surface area contributed by atoms with E-state index >= 15 is 0 Å². The van der Waals surface area contributed by atoms with E-state index in [9.17, 15) is 9.59 Å². The first-order chi connectivity index (χ1) is 10.0. The molecule has 0 aliphatic heterocycles. The van der Waals surface area contributed by atoms with Gasteiger partial charge in [-0.1, -0.05) is 33.1 Å². The van der Waals surface area contributed by atoms with E-state index in [-0.39, 0.29) is 18.2 Å². The highest BCUT2D eigenvalue weighted by Crippen LogP contribution is 2.38. The fourth-order valence-electron chi connectivity index (χ4n) is 3.03. The lowest BCUT2D eigenvalue weighted by Crippen LogP contribution is -2.44. The fourth-order valence-corrected chi connectivity index (χ4v) is 3.03. The number of hydrogen-bond donors (Lipinski definition) is 1. The Hall–Kier alpha value is -1.71. The van der Waals surface area contributed by atoms with Gasteiger partial charge in [-0.05, 0) is 30.9 Å². The lowest BCUT2D eigenvalue weighted by Gasteiger charge is -2.35. The molecule has 1 N–H and O–H groups in total. The second-order valence-electron chi connectivity index (χ2n) is 6.40. The van der Waals surface area contributed by atoms with Crippen LogP contribution in [0.15, 0.2) is 24.5 Å². The van der Waals surface area contributed by atoms with E-state index in [4.69, 9.17) is 0 Å². The lowest BCUT2D eigenvalue weighted by molar-refractivity contribution is -0.132.